The van der Waals surface area contributed by atoms with E-state index in [2.05, 4.69) is 6.92 Å². The first-order valence-electron chi connectivity index (χ1n) is 15.5. The Kier molecular flexibility index (Phi) is 19.3. The van der Waals surface area contributed by atoms with Gasteiger partial charge >= 0.3 is 13.8 Å². The van der Waals surface area contributed by atoms with E-state index in [-0.39, 0.29) is 6.61 Å². The number of quaternary nitrogens is 1. The summed E-state index contributed by atoms with van der Waals surface area (Å²) in [5.74, 6) is -0.513. The number of phosphoric acid groups is 1. The van der Waals surface area contributed by atoms with Crippen LogP contribution in [0.4, 0.5) is 0 Å². The van der Waals surface area contributed by atoms with E-state index in [9.17, 15) is 14.3 Å². The first-order valence-corrected chi connectivity index (χ1v) is 17.0. The van der Waals surface area contributed by atoms with Gasteiger partial charge in [0.1, 0.15) is 18.1 Å². The van der Waals surface area contributed by atoms with E-state index in [0.29, 0.717) is 11.1 Å². The third kappa shape index (κ3) is 18.2. The number of hydrogen-bond donors (Lipinski definition) is 0. The highest BCUT2D eigenvalue weighted by molar-refractivity contribution is 7.46. The van der Waals surface area contributed by atoms with Crippen molar-refractivity contribution in [3.8, 4) is 0 Å². The molecule has 1 aliphatic heterocycles. The van der Waals surface area contributed by atoms with Crippen LogP contribution in [-0.2, 0) is 27.9 Å². The smallest absolute Gasteiger partial charge is 0.319 e. The summed E-state index contributed by atoms with van der Waals surface area (Å²) >= 11 is 0. The summed E-state index contributed by atoms with van der Waals surface area (Å²) in [6.07, 6.45) is 20.5. The van der Waals surface area contributed by atoms with Crippen molar-refractivity contribution in [3.63, 3.8) is 0 Å². The maximum absolute atomic E-state index is 12.5. The largest absolute Gasteiger partial charge is 0.746 e. The number of phosphoric ester groups is 1. The van der Waals surface area contributed by atoms with Crippen molar-refractivity contribution in [1.82, 2.24) is 0 Å². The Hall–Kier alpha value is -0.920. The van der Waals surface area contributed by atoms with E-state index in [1.165, 1.54) is 90.2 Å². The second-order valence-electron chi connectivity index (χ2n) is 11.7. The van der Waals surface area contributed by atoms with Crippen LogP contribution in [0.5, 0.6) is 0 Å². The van der Waals surface area contributed by atoms with Crippen molar-refractivity contribution in [2.45, 2.75) is 142 Å². The zero-order valence-electron chi connectivity index (χ0n) is 25.6. The molecule has 1 aliphatic rings. The highest BCUT2D eigenvalue weighted by atomic mass is 31.2. The molecule has 0 aromatic carbocycles. The number of carbonyl (C=O) groups is 1. The fraction of sp³-hybridized carbons (Fsp3) is 0.900. The molecule has 39 heavy (non-hydrogen) atoms. The van der Waals surface area contributed by atoms with Gasteiger partial charge in [-0.2, -0.15) is 0 Å². The first kappa shape index (κ1) is 36.1. The summed E-state index contributed by atoms with van der Waals surface area (Å²) in [5.41, 5.74) is 0.904. The lowest BCUT2D eigenvalue weighted by Gasteiger charge is -2.35. The van der Waals surface area contributed by atoms with E-state index in [1.54, 1.807) is 6.92 Å². The Balaban J connectivity index is 2.22. The van der Waals surface area contributed by atoms with Gasteiger partial charge in [0.05, 0.1) is 27.2 Å². The van der Waals surface area contributed by atoms with Crippen molar-refractivity contribution in [2.24, 2.45) is 0 Å². The number of ether oxygens (including phenoxy) is 2. The van der Waals surface area contributed by atoms with Gasteiger partial charge in [0.25, 0.3) is 0 Å². The van der Waals surface area contributed by atoms with Gasteiger partial charge in [-0.25, -0.2) is 0 Å². The Morgan fingerprint density at radius 2 is 1.49 bits per heavy atom. The molecule has 3 unspecified atom stereocenters. The first-order chi connectivity index (χ1) is 18.6. The molecular formula is C30H58NO7P. The average molecular weight is 576 g/mol. The molecule has 1 fully saturated rings. The molecule has 0 bridgehead atoms. The summed E-state index contributed by atoms with van der Waals surface area (Å²) in [6, 6.07) is 0. The predicted molar refractivity (Wildman–Crippen MR) is 155 cm³/mol. The van der Waals surface area contributed by atoms with Gasteiger partial charge in [0, 0.05) is 20.0 Å². The molecule has 1 saturated heterocycles. The quantitative estimate of drug-likeness (QED) is 0.0412. The number of likely N-dealkylation sites (tertiary alicyclic amines) is 1. The zero-order valence-corrected chi connectivity index (χ0v) is 26.5. The van der Waals surface area contributed by atoms with Gasteiger partial charge in [-0.15, -0.1) is 0 Å². The van der Waals surface area contributed by atoms with Crippen LogP contribution in [0.1, 0.15) is 130 Å². The van der Waals surface area contributed by atoms with Crippen molar-refractivity contribution < 1.29 is 37.3 Å². The molecule has 0 saturated carbocycles. The van der Waals surface area contributed by atoms with Crippen LogP contribution in [0.2, 0.25) is 0 Å². The number of allylic oxidation sites excluding steroid dienone is 1. The van der Waals surface area contributed by atoms with Crippen molar-refractivity contribution >= 4 is 13.8 Å². The van der Waals surface area contributed by atoms with Gasteiger partial charge in [-0.1, -0.05) is 90.4 Å². The summed E-state index contributed by atoms with van der Waals surface area (Å²) in [6.45, 7) is 6.63. The monoisotopic (exact) mass is 575 g/mol. The van der Waals surface area contributed by atoms with E-state index in [0.717, 1.165) is 44.3 Å². The molecule has 0 aliphatic carbocycles. The molecule has 0 amide bonds. The van der Waals surface area contributed by atoms with E-state index in [4.69, 9.17) is 18.5 Å². The maximum Gasteiger partial charge on any atom is 0.319 e. The van der Waals surface area contributed by atoms with Crippen molar-refractivity contribution in [1.29, 1.82) is 0 Å². The second kappa shape index (κ2) is 20.9. The number of esters is 1. The molecule has 1 rings (SSSR count). The minimum atomic E-state index is -4.63. The molecule has 0 aromatic heterocycles. The Labute approximate surface area is 239 Å². The third-order valence-electron chi connectivity index (χ3n) is 7.56. The summed E-state index contributed by atoms with van der Waals surface area (Å²) in [5, 5.41) is 0. The number of hydrogen-bond acceptors (Lipinski definition) is 7. The SMILES string of the molecule is CCCCCCCCCCCCCCCCOCC(OC(C)=O)C(C)OP(=O)([O-])OC=C1CCCC[N+]1(C)C. The van der Waals surface area contributed by atoms with E-state index < -0.39 is 26.0 Å². The minimum absolute atomic E-state index is 0.0736. The van der Waals surface area contributed by atoms with E-state index in [1.807, 2.05) is 14.1 Å². The van der Waals surface area contributed by atoms with Crippen LogP contribution in [0.3, 0.4) is 0 Å². The standard InChI is InChI=1S/C30H58NO7P/c1-6-7-8-9-10-11-12-13-14-15-16-17-18-21-24-35-26-30(37-28(3)32)27(2)38-39(33,34)36-25-29-22-19-20-23-31(29,4)5/h25,27,30H,6-24,26H2,1-5H3. The lowest BCUT2D eigenvalue weighted by atomic mass is 10.0. The van der Waals surface area contributed by atoms with Crippen LogP contribution >= 0.6 is 7.82 Å². The molecule has 0 spiro atoms. The molecule has 230 valence electrons. The summed E-state index contributed by atoms with van der Waals surface area (Å²) < 4.78 is 34.4. The number of unbranched alkanes of at least 4 members (excludes halogenated alkanes) is 13. The zero-order chi connectivity index (χ0) is 29.0. The fourth-order valence-corrected chi connectivity index (χ4v) is 5.80. The topological polar surface area (TPSA) is 94.1 Å². The van der Waals surface area contributed by atoms with Crippen molar-refractivity contribution in [3.05, 3.63) is 12.0 Å². The number of piperidine rings is 1. The highest BCUT2D eigenvalue weighted by Crippen LogP contribution is 2.42. The van der Waals surface area contributed by atoms with Gasteiger partial charge in [-0.05, 0) is 26.2 Å². The Bertz CT molecular complexity index is 728. The highest BCUT2D eigenvalue weighted by Gasteiger charge is 2.29. The van der Waals surface area contributed by atoms with Gasteiger partial charge in [0.15, 0.2) is 6.10 Å². The molecule has 3 atom stereocenters. The van der Waals surface area contributed by atoms with Crippen LogP contribution in [0.25, 0.3) is 0 Å². The fourth-order valence-electron chi connectivity index (χ4n) is 4.96. The molecule has 0 aromatic rings. The van der Waals surface area contributed by atoms with Crippen LogP contribution in [0, 0.1) is 0 Å². The maximum atomic E-state index is 12.5. The van der Waals surface area contributed by atoms with Crippen molar-refractivity contribution in [2.75, 3.05) is 33.9 Å². The van der Waals surface area contributed by atoms with Gasteiger partial charge in [0.2, 0.25) is 0 Å². The lowest BCUT2D eigenvalue weighted by molar-refractivity contribution is -0.858. The van der Waals surface area contributed by atoms with Gasteiger partial charge < -0.3 is 23.4 Å². The molecule has 0 radical (unpaired) electrons. The van der Waals surface area contributed by atoms with Crippen LogP contribution in [0.15, 0.2) is 12.0 Å². The van der Waals surface area contributed by atoms with Gasteiger partial charge in [-0.3, -0.25) is 13.8 Å². The number of nitrogens with zero attached hydrogens (tertiary/aromatic N) is 1. The minimum Gasteiger partial charge on any atom is -0.746 e. The Morgan fingerprint density at radius 3 is 2.00 bits per heavy atom. The number of carbonyl (C=O) groups excluding carboxylic acids is 1. The third-order valence-corrected chi connectivity index (χ3v) is 8.51. The molecule has 0 N–H and O–H groups in total. The molecule has 1 heterocycles. The Morgan fingerprint density at radius 1 is 0.949 bits per heavy atom. The summed E-state index contributed by atoms with van der Waals surface area (Å²) in [4.78, 5) is 24.0. The molecule has 8 nitrogen and oxygen atoms in total. The number of rotatable bonds is 23. The predicted octanol–water partition coefficient (Wildman–Crippen LogP) is 7.41. The van der Waals surface area contributed by atoms with E-state index >= 15 is 0 Å². The molecular weight excluding hydrogens is 517 g/mol. The normalized spacial score (nSPS) is 19.4. The average Bonchev–Trinajstić information content (AvgIpc) is 2.86. The summed E-state index contributed by atoms with van der Waals surface area (Å²) in [7, 11) is -0.573. The lowest BCUT2D eigenvalue weighted by Crippen LogP contribution is -2.42. The van der Waals surface area contributed by atoms with Crippen LogP contribution < -0.4 is 4.89 Å². The van der Waals surface area contributed by atoms with Crippen LogP contribution in [-0.4, -0.2) is 56.5 Å². The second-order valence-corrected chi connectivity index (χ2v) is 13.0. The molecule has 9 heteroatoms.